The molecule has 8 heteroatoms. The number of hydrogen-bond acceptors (Lipinski definition) is 7. The molecule has 3 heterocycles. The van der Waals surface area contributed by atoms with E-state index in [1.165, 1.54) is 10.1 Å². The van der Waals surface area contributed by atoms with Crippen LogP contribution in [0.5, 0.6) is 0 Å². The number of rotatable bonds is 6. The summed E-state index contributed by atoms with van der Waals surface area (Å²) in [4.78, 5) is 26.6. The maximum atomic E-state index is 12.8. The van der Waals surface area contributed by atoms with Crippen LogP contribution in [0.3, 0.4) is 0 Å². The van der Waals surface area contributed by atoms with E-state index in [9.17, 15) is 15.3 Å². The molecule has 0 bridgehead atoms. The second kappa shape index (κ2) is 10.2. The lowest BCUT2D eigenvalue weighted by molar-refractivity contribution is 0.0895. The molecule has 1 unspecified atom stereocenters. The molecule has 180 valence electrons. The first-order chi connectivity index (χ1) is 16.9. The van der Waals surface area contributed by atoms with Crippen LogP contribution >= 0.6 is 0 Å². The fourth-order valence-corrected chi connectivity index (χ4v) is 5.24. The van der Waals surface area contributed by atoms with Gasteiger partial charge >= 0.3 is 5.69 Å². The third-order valence-electron chi connectivity index (χ3n) is 7.22. The molecule has 0 amide bonds. The number of fused-ring (bicyclic) bond motifs is 1. The standard InChI is InChI=1S/C27H31N7O/c1-5-21-17-34(26-25-24(32(4)27(35)31-26)13-12-20(15-29)30-25)22(6-2)16-33(21)23(7-3)19-10-8-18(14-28)9-11-19/h8-13,21-23H,5-7,16-17H2,1-4H3/t21-,22+,23?/m1/s1. The summed E-state index contributed by atoms with van der Waals surface area (Å²) in [6, 6.07) is 16.3. The number of nitriles is 2. The summed E-state index contributed by atoms with van der Waals surface area (Å²) in [5, 5.41) is 18.6. The zero-order chi connectivity index (χ0) is 25.1. The predicted octanol–water partition coefficient (Wildman–Crippen LogP) is 3.90. The van der Waals surface area contributed by atoms with E-state index in [2.05, 4.69) is 64.8 Å². The van der Waals surface area contributed by atoms with Crippen molar-refractivity contribution in [2.24, 2.45) is 7.05 Å². The lowest BCUT2D eigenvalue weighted by Gasteiger charge is -2.49. The van der Waals surface area contributed by atoms with E-state index >= 15 is 0 Å². The van der Waals surface area contributed by atoms with Gasteiger partial charge in [-0.05, 0) is 49.1 Å². The number of benzene rings is 1. The van der Waals surface area contributed by atoms with Crippen LogP contribution in [0, 0.1) is 22.7 Å². The number of piperazine rings is 1. The molecule has 0 radical (unpaired) electrons. The van der Waals surface area contributed by atoms with Crippen LogP contribution in [-0.2, 0) is 7.05 Å². The summed E-state index contributed by atoms with van der Waals surface area (Å²) >= 11 is 0. The Hall–Kier alpha value is -3.75. The largest absolute Gasteiger partial charge is 0.349 e. The molecule has 4 rings (SSSR count). The van der Waals surface area contributed by atoms with Crippen molar-refractivity contribution in [2.45, 2.75) is 58.2 Å². The van der Waals surface area contributed by atoms with Crippen molar-refractivity contribution in [1.82, 2.24) is 19.4 Å². The number of anilines is 1. The summed E-state index contributed by atoms with van der Waals surface area (Å²) in [5.74, 6) is 0.566. The van der Waals surface area contributed by atoms with Gasteiger partial charge < -0.3 is 4.90 Å². The van der Waals surface area contributed by atoms with Gasteiger partial charge in [-0.25, -0.2) is 9.78 Å². The topological polar surface area (TPSA) is 102 Å². The monoisotopic (exact) mass is 469 g/mol. The Labute approximate surface area is 206 Å². The molecule has 1 aliphatic heterocycles. The minimum absolute atomic E-state index is 0.139. The minimum Gasteiger partial charge on any atom is -0.349 e. The molecule has 2 aromatic heterocycles. The van der Waals surface area contributed by atoms with E-state index in [0.717, 1.165) is 32.4 Å². The van der Waals surface area contributed by atoms with Gasteiger partial charge in [0.05, 0.1) is 17.1 Å². The van der Waals surface area contributed by atoms with E-state index in [-0.39, 0.29) is 23.8 Å². The lowest BCUT2D eigenvalue weighted by Crippen LogP contribution is -2.59. The minimum atomic E-state index is -0.326. The van der Waals surface area contributed by atoms with Gasteiger partial charge in [0, 0.05) is 38.3 Å². The Balaban J connectivity index is 1.76. The van der Waals surface area contributed by atoms with Crippen LogP contribution in [0.25, 0.3) is 11.0 Å². The highest BCUT2D eigenvalue weighted by molar-refractivity contribution is 5.86. The molecule has 0 aliphatic carbocycles. The molecule has 1 aliphatic rings. The molecule has 0 N–H and O–H groups in total. The molecular weight excluding hydrogens is 438 g/mol. The van der Waals surface area contributed by atoms with Gasteiger partial charge in [-0.3, -0.25) is 9.47 Å². The highest BCUT2D eigenvalue weighted by Crippen LogP contribution is 2.35. The number of hydrogen-bond donors (Lipinski definition) is 0. The van der Waals surface area contributed by atoms with Gasteiger partial charge in [0.2, 0.25) is 0 Å². The predicted molar refractivity (Wildman–Crippen MR) is 136 cm³/mol. The van der Waals surface area contributed by atoms with Crippen molar-refractivity contribution in [3.8, 4) is 12.1 Å². The fraction of sp³-hybridized carbons (Fsp3) is 0.444. The lowest BCUT2D eigenvalue weighted by atomic mass is 9.94. The molecule has 1 aromatic carbocycles. The van der Waals surface area contributed by atoms with Crippen molar-refractivity contribution < 1.29 is 0 Å². The zero-order valence-electron chi connectivity index (χ0n) is 20.8. The summed E-state index contributed by atoms with van der Waals surface area (Å²) in [6.07, 6.45) is 2.78. The smallest absolute Gasteiger partial charge is 0.349 e. The number of aromatic nitrogens is 3. The Kier molecular flexibility index (Phi) is 7.14. The van der Waals surface area contributed by atoms with Gasteiger partial charge in [-0.1, -0.05) is 32.9 Å². The number of nitrogens with zero attached hydrogens (tertiary/aromatic N) is 7. The van der Waals surface area contributed by atoms with Gasteiger partial charge in [0.15, 0.2) is 5.82 Å². The second-order valence-electron chi connectivity index (χ2n) is 9.08. The molecule has 0 spiro atoms. The van der Waals surface area contributed by atoms with E-state index in [1.807, 2.05) is 12.1 Å². The first-order valence-electron chi connectivity index (χ1n) is 12.3. The molecule has 1 saturated heterocycles. The van der Waals surface area contributed by atoms with Gasteiger partial charge in [-0.2, -0.15) is 15.5 Å². The summed E-state index contributed by atoms with van der Waals surface area (Å²) in [6.45, 7) is 8.09. The van der Waals surface area contributed by atoms with Crippen LogP contribution in [0.4, 0.5) is 5.82 Å². The molecule has 8 nitrogen and oxygen atoms in total. The Morgan fingerprint density at radius 3 is 2.29 bits per heavy atom. The van der Waals surface area contributed by atoms with Crippen molar-refractivity contribution in [1.29, 1.82) is 10.5 Å². The van der Waals surface area contributed by atoms with Crippen LogP contribution in [0.15, 0.2) is 41.2 Å². The molecular formula is C27H31N7O. The summed E-state index contributed by atoms with van der Waals surface area (Å²) < 4.78 is 1.49. The summed E-state index contributed by atoms with van der Waals surface area (Å²) in [7, 11) is 1.68. The molecule has 3 atom stereocenters. The van der Waals surface area contributed by atoms with E-state index in [0.29, 0.717) is 28.1 Å². The normalized spacial score (nSPS) is 19.3. The first kappa shape index (κ1) is 24.4. The quantitative estimate of drug-likeness (QED) is 0.539. The fourth-order valence-electron chi connectivity index (χ4n) is 5.24. The zero-order valence-corrected chi connectivity index (χ0v) is 20.8. The molecule has 35 heavy (non-hydrogen) atoms. The maximum absolute atomic E-state index is 12.8. The number of pyridine rings is 1. The van der Waals surface area contributed by atoms with Gasteiger partial charge in [0.25, 0.3) is 0 Å². The second-order valence-corrected chi connectivity index (χ2v) is 9.08. The van der Waals surface area contributed by atoms with Crippen LogP contribution in [-0.4, -0.2) is 44.6 Å². The molecule has 3 aromatic rings. The molecule has 1 fully saturated rings. The van der Waals surface area contributed by atoms with E-state index < -0.39 is 0 Å². The summed E-state index contributed by atoms with van der Waals surface area (Å²) in [5.41, 5.74) is 3.13. The maximum Gasteiger partial charge on any atom is 0.349 e. The van der Waals surface area contributed by atoms with Crippen LogP contribution in [0.1, 0.15) is 62.9 Å². The Morgan fingerprint density at radius 1 is 0.971 bits per heavy atom. The van der Waals surface area contributed by atoms with Crippen LogP contribution < -0.4 is 10.6 Å². The van der Waals surface area contributed by atoms with Crippen molar-refractivity contribution in [2.75, 3.05) is 18.0 Å². The third kappa shape index (κ3) is 4.50. The van der Waals surface area contributed by atoms with Gasteiger partial charge in [0.1, 0.15) is 17.3 Å². The highest BCUT2D eigenvalue weighted by atomic mass is 16.1. The number of aryl methyl sites for hydroxylation is 1. The molecule has 0 saturated carbocycles. The van der Waals surface area contributed by atoms with Crippen molar-refractivity contribution in [3.05, 3.63) is 63.7 Å². The Bertz CT molecular complexity index is 1350. The van der Waals surface area contributed by atoms with E-state index in [4.69, 9.17) is 0 Å². The van der Waals surface area contributed by atoms with Crippen molar-refractivity contribution >= 4 is 16.9 Å². The first-order valence-corrected chi connectivity index (χ1v) is 12.3. The van der Waals surface area contributed by atoms with E-state index in [1.54, 1.807) is 19.2 Å². The average Bonchev–Trinajstić information content (AvgIpc) is 2.90. The Morgan fingerprint density at radius 2 is 1.69 bits per heavy atom. The SMILES string of the molecule is CCC(c1ccc(C#N)cc1)N1C[C@H](CC)N(c2nc(=O)n(C)c3ccc(C#N)nc23)C[C@H]1CC. The van der Waals surface area contributed by atoms with Gasteiger partial charge in [-0.15, -0.1) is 0 Å². The van der Waals surface area contributed by atoms with Crippen LogP contribution in [0.2, 0.25) is 0 Å². The van der Waals surface area contributed by atoms with Crippen molar-refractivity contribution in [3.63, 3.8) is 0 Å². The highest BCUT2D eigenvalue weighted by Gasteiger charge is 2.37. The average molecular weight is 470 g/mol. The third-order valence-corrected chi connectivity index (χ3v) is 7.22.